The Labute approximate surface area is 129 Å². The molecule has 1 aromatic carbocycles. The van der Waals surface area contributed by atoms with E-state index in [2.05, 4.69) is 35.7 Å². The lowest BCUT2D eigenvalue weighted by Gasteiger charge is -2.09. The Hall–Kier alpha value is -1.46. The average molecular weight is 352 g/mol. The molecule has 0 saturated carbocycles. The zero-order valence-corrected chi connectivity index (χ0v) is 13.1. The SMILES string of the molecule is CC(Cl)c1nc2cc(Br)ccc2n1Cc1cccnn1. The summed E-state index contributed by atoms with van der Waals surface area (Å²) in [6.07, 6.45) is 1.66. The lowest BCUT2D eigenvalue weighted by Crippen LogP contribution is -2.07. The number of alkyl halides is 1. The van der Waals surface area contributed by atoms with Gasteiger partial charge in [-0.25, -0.2) is 4.98 Å². The molecular weight excluding hydrogens is 340 g/mol. The van der Waals surface area contributed by atoms with Crippen LogP contribution in [0.15, 0.2) is 41.0 Å². The van der Waals surface area contributed by atoms with Gasteiger partial charge in [-0.2, -0.15) is 10.2 Å². The molecule has 6 heteroatoms. The molecule has 4 nitrogen and oxygen atoms in total. The molecule has 3 rings (SSSR count). The highest BCUT2D eigenvalue weighted by molar-refractivity contribution is 9.10. The van der Waals surface area contributed by atoms with Gasteiger partial charge >= 0.3 is 0 Å². The molecule has 2 aromatic heterocycles. The van der Waals surface area contributed by atoms with E-state index in [1.54, 1.807) is 6.20 Å². The highest BCUT2D eigenvalue weighted by Gasteiger charge is 2.15. The molecule has 20 heavy (non-hydrogen) atoms. The first kappa shape index (κ1) is 13.5. The van der Waals surface area contributed by atoms with Crippen LogP contribution >= 0.6 is 27.5 Å². The van der Waals surface area contributed by atoms with Gasteiger partial charge in [0.2, 0.25) is 0 Å². The molecule has 2 heterocycles. The summed E-state index contributed by atoms with van der Waals surface area (Å²) in [5.41, 5.74) is 2.85. The van der Waals surface area contributed by atoms with Crippen molar-refractivity contribution in [3.8, 4) is 0 Å². The second kappa shape index (κ2) is 5.50. The predicted octanol–water partition coefficient (Wildman–Crippen LogP) is 3.94. The first-order valence-electron chi connectivity index (χ1n) is 6.21. The zero-order chi connectivity index (χ0) is 14.1. The molecule has 1 unspecified atom stereocenters. The lowest BCUT2D eigenvalue weighted by atomic mass is 10.3. The largest absolute Gasteiger partial charge is 0.321 e. The molecule has 0 fully saturated rings. The summed E-state index contributed by atoms with van der Waals surface area (Å²) in [6, 6.07) is 9.85. The van der Waals surface area contributed by atoms with Gasteiger partial charge in [-0.15, -0.1) is 11.6 Å². The van der Waals surface area contributed by atoms with Gasteiger partial charge in [0, 0.05) is 10.7 Å². The third-order valence-corrected chi connectivity index (χ3v) is 3.73. The summed E-state index contributed by atoms with van der Waals surface area (Å²) in [5, 5.41) is 7.87. The van der Waals surface area contributed by atoms with E-state index in [4.69, 9.17) is 11.6 Å². The Morgan fingerprint density at radius 2 is 2.20 bits per heavy atom. The van der Waals surface area contributed by atoms with Crippen LogP contribution in [0.2, 0.25) is 0 Å². The number of rotatable bonds is 3. The van der Waals surface area contributed by atoms with Crippen LogP contribution in [0.5, 0.6) is 0 Å². The van der Waals surface area contributed by atoms with E-state index in [-0.39, 0.29) is 5.38 Å². The Balaban J connectivity index is 2.14. The predicted molar refractivity (Wildman–Crippen MR) is 82.8 cm³/mol. The summed E-state index contributed by atoms with van der Waals surface area (Å²) in [7, 11) is 0. The van der Waals surface area contributed by atoms with Crippen molar-refractivity contribution in [3.63, 3.8) is 0 Å². The third kappa shape index (κ3) is 2.55. The van der Waals surface area contributed by atoms with Crippen LogP contribution in [0.4, 0.5) is 0 Å². The maximum atomic E-state index is 6.25. The highest BCUT2D eigenvalue weighted by Crippen LogP contribution is 2.27. The van der Waals surface area contributed by atoms with Crippen molar-refractivity contribution in [1.29, 1.82) is 0 Å². The van der Waals surface area contributed by atoms with Crippen LogP contribution in [0.3, 0.4) is 0 Å². The summed E-state index contributed by atoms with van der Waals surface area (Å²) < 4.78 is 3.09. The van der Waals surface area contributed by atoms with E-state index in [1.165, 1.54) is 0 Å². The number of nitrogens with zero attached hydrogens (tertiary/aromatic N) is 4. The summed E-state index contributed by atoms with van der Waals surface area (Å²) in [5.74, 6) is 0.838. The fourth-order valence-electron chi connectivity index (χ4n) is 2.17. The van der Waals surface area contributed by atoms with E-state index in [0.717, 1.165) is 27.0 Å². The van der Waals surface area contributed by atoms with Gasteiger partial charge in [-0.05, 0) is 37.3 Å². The Morgan fingerprint density at radius 3 is 2.90 bits per heavy atom. The number of hydrogen-bond acceptors (Lipinski definition) is 3. The normalized spacial score (nSPS) is 12.8. The van der Waals surface area contributed by atoms with Crippen LogP contribution in [-0.4, -0.2) is 19.7 Å². The molecule has 3 aromatic rings. The van der Waals surface area contributed by atoms with Crippen LogP contribution in [0, 0.1) is 0 Å². The van der Waals surface area contributed by atoms with Crippen molar-refractivity contribution in [2.24, 2.45) is 0 Å². The van der Waals surface area contributed by atoms with Crippen molar-refractivity contribution in [1.82, 2.24) is 19.7 Å². The van der Waals surface area contributed by atoms with Crippen molar-refractivity contribution in [2.75, 3.05) is 0 Å². The molecular formula is C14H12BrClN4. The second-order valence-corrected chi connectivity index (χ2v) is 6.09. The maximum Gasteiger partial charge on any atom is 0.128 e. The van der Waals surface area contributed by atoms with E-state index in [0.29, 0.717) is 6.54 Å². The molecule has 0 aliphatic carbocycles. The van der Waals surface area contributed by atoms with Gasteiger partial charge in [0.15, 0.2) is 0 Å². The first-order chi connectivity index (χ1) is 9.65. The molecule has 0 spiro atoms. The van der Waals surface area contributed by atoms with Gasteiger partial charge in [0.05, 0.1) is 28.6 Å². The molecule has 0 bridgehead atoms. The smallest absolute Gasteiger partial charge is 0.128 e. The number of fused-ring (bicyclic) bond motifs is 1. The standard InChI is InChI=1S/C14H12BrClN4/c1-9(16)14-18-12-7-10(15)4-5-13(12)20(14)8-11-3-2-6-17-19-11/h2-7,9H,8H2,1H3. The van der Waals surface area contributed by atoms with Crippen molar-refractivity contribution >= 4 is 38.6 Å². The minimum Gasteiger partial charge on any atom is -0.321 e. The van der Waals surface area contributed by atoms with Crippen molar-refractivity contribution in [2.45, 2.75) is 18.8 Å². The van der Waals surface area contributed by atoms with Crippen LogP contribution < -0.4 is 0 Å². The minimum absolute atomic E-state index is 0.169. The molecule has 0 aliphatic rings. The Bertz CT molecular complexity index is 740. The topological polar surface area (TPSA) is 43.6 Å². The minimum atomic E-state index is -0.169. The lowest BCUT2D eigenvalue weighted by molar-refractivity contribution is 0.715. The molecule has 0 amide bonds. The number of hydrogen-bond donors (Lipinski definition) is 0. The van der Waals surface area contributed by atoms with Gasteiger partial charge in [0.1, 0.15) is 5.82 Å². The van der Waals surface area contributed by atoms with Crippen molar-refractivity contribution in [3.05, 3.63) is 52.5 Å². The highest BCUT2D eigenvalue weighted by atomic mass is 79.9. The van der Waals surface area contributed by atoms with Crippen LogP contribution in [-0.2, 0) is 6.54 Å². The van der Waals surface area contributed by atoms with E-state index >= 15 is 0 Å². The van der Waals surface area contributed by atoms with Gasteiger partial charge in [-0.1, -0.05) is 15.9 Å². The maximum absolute atomic E-state index is 6.25. The van der Waals surface area contributed by atoms with E-state index in [9.17, 15) is 0 Å². The number of imidazole rings is 1. The molecule has 0 N–H and O–H groups in total. The Kier molecular flexibility index (Phi) is 3.72. The Morgan fingerprint density at radius 1 is 1.35 bits per heavy atom. The summed E-state index contributed by atoms with van der Waals surface area (Å²) in [6.45, 7) is 2.53. The van der Waals surface area contributed by atoms with E-state index in [1.807, 2.05) is 37.3 Å². The quantitative estimate of drug-likeness (QED) is 0.671. The fraction of sp³-hybridized carbons (Fsp3) is 0.214. The average Bonchev–Trinajstić information content (AvgIpc) is 2.78. The van der Waals surface area contributed by atoms with E-state index < -0.39 is 0 Å². The zero-order valence-electron chi connectivity index (χ0n) is 10.8. The van der Waals surface area contributed by atoms with Crippen LogP contribution in [0.1, 0.15) is 23.8 Å². The molecule has 0 radical (unpaired) electrons. The first-order valence-corrected chi connectivity index (χ1v) is 7.44. The monoisotopic (exact) mass is 350 g/mol. The summed E-state index contributed by atoms with van der Waals surface area (Å²) >= 11 is 9.72. The van der Waals surface area contributed by atoms with Gasteiger partial charge in [0.25, 0.3) is 0 Å². The number of aromatic nitrogens is 4. The number of benzene rings is 1. The fourth-order valence-corrected chi connectivity index (χ4v) is 2.69. The molecule has 0 saturated heterocycles. The van der Waals surface area contributed by atoms with Gasteiger partial charge < -0.3 is 4.57 Å². The van der Waals surface area contributed by atoms with Gasteiger partial charge in [-0.3, -0.25) is 0 Å². The second-order valence-electron chi connectivity index (χ2n) is 4.52. The molecule has 1 atom stereocenters. The number of halogens is 2. The molecule has 102 valence electrons. The molecule has 0 aliphatic heterocycles. The van der Waals surface area contributed by atoms with Crippen molar-refractivity contribution < 1.29 is 0 Å². The third-order valence-electron chi connectivity index (χ3n) is 3.04. The summed E-state index contributed by atoms with van der Waals surface area (Å²) in [4.78, 5) is 4.62. The van der Waals surface area contributed by atoms with Crippen LogP contribution in [0.25, 0.3) is 11.0 Å².